The van der Waals surface area contributed by atoms with Gasteiger partial charge in [0.2, 0.25) is 5.82 Å². The lowest BCUT2D eigenvalue weighted by Gasteiger charge is -1.95. The maximum absolute atomic E-state index is 9.24. The van der Waals surface area contributed by atoms with E-state index >= 15 is 0 Å². The first-order chi connectivity index (χ1) is 9.22. The minimum Gasteiger partial charge on any atom is -0.508 e. The summed E-state index contributed by atoms with van der Waals surface area (Å²) >= 11 is 5.92. The minimum absolute atomic E-state index is 0.197. The number of phenols is 1. The number of aromatic nitrogens is 2. The van der Waals surface area contributed by atoms with Gasteiger partial charge in [-0.3, -0.25) is 0 Å². The van der Waals surface area contributed by atoms with E-state index in [1.807, 2.05) is 12.1 Å². The Bertz CT molecular complexity index is 707. The molecule has 1 aromatic heterocycles. The van der Waals surface area contributed by atoms with Gasteiger partial charge in [-0.25, -0.2) is 0 Å². The monoisotopic (exact) mass is 272 g/mol. The predicted molar refractivity (Wildman–Crippen MR) is 71.8 cm³/mol. The van der Waals surface area contributed by atoms with Crippen molar-refractivity contribution in [1.82, 2.24) is 10.1 Å². The number of benzene rings is 2. The van der Waals surface area contributed by atoms with Crippen LogP contribution in [0.5, 0.6) is 5.75 Å². The summed E-state index contributed by atoms with van der Waals surface area (Å²) < 4.78 is 5.21. The van der Waals surface area contributed by atoms with Crippen LogP contribution in [0.4, 0.5) is 0 Å². The first-order valence-corrected chi connectivity index (χ1v) is 5.99. The Morgan fingerprint density at radius 1 is 1.00 bits per heavy atom. The van der Waals surface area contributed by atoms with E-state index in [9.17, 15) is 5.11 Å². The number of hydrogen-bond acceptors (Lipinski definition) is 4. The molecule has 19 heavy (non-hydrogen) atoms. The fourth-order valence-electron chi connectivity index (χ4n) is 1.69. The zero-order valence-electron chi connectivity index (χ0n) is 9.75. The molecule has 0 aliphatic heterocycles. The molecule has 3 rings (SSSR count). The van der Waals surface area contributed by atoms with Crippen molar-refractivity contribution >= 4 is 11.6 Å². The van der Waals surface area contributed by atoms with Crippen LogP contribution < -0.4 is 0 Å². The van der Waals surface area contributed by atoms with Crippen LogP contribution in [0.3, 0.4) is 0 Å². The highest BCUT2D eigenvalue weighted by molar-refractivity contribution is 6.30. The molecule has 0 atom stereocenters. The van der Waals surface area contributed by atoms with Gasteiger partial charge in [0.1, 0.15) is 5.75 Å². The van der Waals surface area contributed by atoms with Crippen LogP contribution in [0, 0.1) is 0 Å². The maximum Gasteiger partial charge on any atom is 0.258 e. The molecule has 1 heterocycles. The Balaban J connectivity index is 1.97. The number of hydrogen-bond donors (Lipinski definition) is 1. The van der Waals surface area contributed by atoms with Crippen molar-refractivity contribution < 1.29 is 9.63 Å². The van der Waals surface area contributed by atoms with Crippen molar-refractivity contribution in [2.75, 3.05) is 0 Å². The molecule has 0 fully saturated rings. The van der Waals surface area contributed by atoms with Gasteiger partial charge in [0.25, 0.3) is 5.89 Å². The van der Waals surface area contributed by atoms with Gasteiger partial charge >= 0.3 is 0 Å². The second kappa shape index (κ2) is 4.74. The van der Waals surface area contributed by atoms with E-state index in [1.54, 1.807) is 36.4 Å². The van der Waals surface area contributed by atoms with Gasteiger partial charge in [-0.15, -0.1) is 0 Å². The van der Waals surface area contributed by atoms with Crippen LogP contribution in [-0.4, -0.2) is 15.2 Å². The van der Waals surface area contributed by atoms with Gasteiger partial charge in [-0.1, -0.05) is 22.8 Å². The van der Waals surface area contributed by atoms with Gasteiger partial charge in [0.05, 0.1) is 0 Å². The Labute approximate surface area is 114 Å². The Hall–Kier alpha value is -2.33. The third kappa shape index (κ3) is 2.44. The van der Waals surface area contributed by atoms with Gasteiger partial charge in [0.15, 0.2) is 0 Å². The molecule has 0 unspecified atom stereocenters. The topological polar surface area (TPSA) is 59.2 Å². The van der Waals surface area contributed by atoms with Crippen molar-refractivity contribution in [3.8, 4) is 28.6 Å². The highest BCUT2D eigenvalue weighted by Crippen LogP contribution is 2.25. The highest BCUT2D eigenvalue weighted by atomic mass is 35.5. The number of aromatic hydroxyl groups is 1. The molecule has 1 N–H and O–H groups in total. The van der Waals surface area contributed by atoms with Crippen LogP contribution in [0.25, 0.3) is 22.8 Å². The second-order valence-corrected chi connectivity index (χ2v) is 4.42. The lowest BCUT2D eigenvalue weighted by molar-refractivity contribution is 0.432. The number of halogens is 1. The lowest BCUT2D eigenvalue weighted by Crippen LogP contribution is -1.80. The first kappa shape index (κ1) is 11.7. The molecular weight excluding hydrogens is 264 g/mol. The van der Waals surface area contributed by atoms with Crippen molar-refractivity contribution in [3.05, 3.63) is 53.6 Å². The fraction of sp³-hybridized carbons (Fsp3) is 0. The smallest absolute Gasteiger partial charge is 0.258 e. The minimum atomic E-state index is 0.197. The number of rotatable bonds is 2. The molecule has 4 nitrogen and oxygen atoms in total. The SMILES string of the molecule is Oc1ccc(-c2noc(-c3cccc(Cl)c3)n2)cc1. The van der Waals surface area contributed by atoms with Crippen molar-refractivity contribution in [1.29, 1.82) is 0 Å². The normalized spacial score (nSPS) is 10.6. The molecule has 0 aliphatic rings. The molecule has 2 aromatic carbocycles. The van der Waals surface area contributed by atoms with E-state index in [4.69, 9.17) is 16.1 Å². The summed E-state index contributed by atoms with van der Waals surface area (Å²) in [6.45, 7) is 0. The van der Waals surface area contributed by atoms with Gasteiger partial charge in [0, 0.05) is 16.1 Å². The largest absolute Gasteiger partial charge is 0.508 e. The van der Waals surface area contributed by atoms with Crippen LogP contribution >= 0.6 is 11.6 Å². The lowest BCUT2D eigenvalue weighted by atomic mass is 10.2. The van der Waals surface area contributed by atoms with Gasteiger partial charge < -0.3 is 9.63 Å². The van der Waals surface area contributed by atoms with Crippen LogP contribution in [0.15, 0.2) is 53.1 Å². The Morgan fingerprint density at radius 2 is 1.79 bits per heavy atom. The van der Waals surface area contributed by atoms with E-state index in [0.717, 1.165) is 11.1 Å². The first-order valence-electron chi connectivity index (χ1n) is 5.61. The molecule has 0 aliphatic carbocycles. The molecule has 5 heteroatoms. The summed E-state index contributed by atoms with van der Waals surface area (Å²) in [5, 5.41) is 13.8. The zero-order chi connectivity index (χ0) is 13.2. The molecule has 3 aromatic rings. The molecule has 0 saturated carbocycles. The van der Waals surface area contributed by atoms with Crippen molar-refractivity contribution in [2.24, 2.45) is 0 Å². The molecule has 0 amide bonds. The van der Waals surface area contributed by atoms with E-state index < -0.39 is 0 Å². The maximum atomic E-state index is 9.24. The standard InChI is InChI=1S/C14H9ClN2O2/c15-11-3-1-2-10(8-11)14-16-13(17-19-14)9-4-6-12(18)7-5-9/h1-8,18H. The quantitative estimate of drug-likeness (QED) is 0.771. The summed E-state index contributed by atoms with van der Waals surface area (Å²) in [6, 6.07) is 13.8. The third-order valence-corrected chi connectivity index (χ3v) is 2.86. The van der Waals surface area contributed by atoms with Crippen LogP contribution in [-0.2, 0) is 0 Å². The Morgan fingerprint density at radius 3 is 2.53 bits per heavy atom. The molecule has 0 bridgehead atoms. The van der Waals surface area contributed by atoms with E-state index in [1.165, 1.54) is 0 Å². The molecule has 0 radical (unpaired) electrons. The van der Waals surface area contributed by atoms with Gasteiger partial charge in [-0.2, -0.15) is 4.98 Å². The second-order valence-electron chi connectivity index (χ2n) is 3.98. The number of nitrogens with zero attached hydrogens (tertiary/aromatic N) is 2. The third-order valence-electron chi connectivity index (χ3n) is 2.62. The van der Waals surface area contributed by atoms with Gasteiger partial charge in [-0.05, 0) is 42.5 Å². The highest BCUT2D eigenvalue weighted by Gasteiger charge is 2.10. The summed E-state index contributed by atoms with van der Waals surface area (Å²) in [5.41, 5.74) is 1.54. The van der Waals surface area contributed by atoms with Crippen molar-refractivity contribution in [2.45, 2.75) is 0 Å². The predicted octanol–water partition coefficient (Wildman–Crippen LogP) is 3.76. The van der Waals surface area contributed by atoms with E-state index in [0.29, 0.717) is 16.7 Å². The molecule has 0 saturated heterocycles. The average molecular weight is 273 g/mol. The van der Waals surface area contributed by atoms with E-state index in [-0.39, 0.29) is 5.75 Å². The van der Waals surface area contributed by atoms with E-state index in [2.05, 4.69) is 10.1 Å². The zero-order valence-corrected chi connectivity index (χ0v) is 10.5. The summed E-state index contributed by atoms with van der Waals surface area (Å²) in [5.74, 6) is 1.07. The summed E-state index contributed by atoms with van der Waals surface area (Å²) in [6.07, 6.45) is 0. The summed E-state index contributed by atoms with van der Waals surface area (Å²) in [4.78, 5) is 4.30. The van der Waals surface area contributed by atoms with Crippen molar-refractivity contribution in [3.63, 3.8) is 0 Å². The molecule has 0 spiro atoms. The Kier molecular flexibility index (Phi) is 2.93. The van der Waals surface area contributed by atoms with Crippen LogP contribution in [0.1, 0.15) is 0 Å². The average Bonchev–Trinajstić information content (AvgIpc) is 2.89. The van der Waals surface area contributed by atoms with Crippen LogP contribution in [0.2, 0.25) is 5.02 Å². The fourth-order valence-corrected chi connectivity index (χ4v) is 1.88. The number of phenolic OH excluding ortho intramolecular Hbond substituents is 1. The summed E-state index contributed by atoms with van der Waals surface area (Å²) in [7, 11) is 0. The molecular formula is C14H9ClN2O2. The molecule has 94 valence electrons.